The normalized spacial score (nSPS) is 11.9. The maximum atomic E-state index is 14.5. The van der Waals surface area contributed by atoms with Crippen LogP contribution in [-0.4, -0.2) is 44.3 Å². The fourth-order valence-corrected chi connectivity index (χ4v) is 6.52. The standard InChI is InChI=1S/C36H39ClFN3O4S/c1-4-5-21-39-36(43)34(23-28-9-7-6-8-10-28)40(24-29-12-16-31(38)17-13-29)35(42)25-41(32-18-11-26(2)27(3)22-32)46(44,45)33-19-14-30(37)15-20-33/h6-20,22,34H,4-5,21,23-25H2,1-3H3,(H,39,43). The zero-order valence-electron chi connectivity index (χ0n) is 26.2. The number of sulfonamides is 1. The first-order chi connectivity index (χ1) is 22.0. The molecule has 1 N–H and O–H groups in total. The highest BCUT2D eigenvalue weighted by Crippen LogP contribution is 2.27. The second-order valence-electron chi connectivity index (χ2n) is 11.2. The lowest BCUT2D eigenvalue weighted by Gasteiger charge is -2.34. The Bertz CT molecular complexity index is 1730. The van der Waals surface area contributed by atoms with Gasteiger partial charge in [-0.2, -0.15) is 0 Å². The molecule has 0 heterocycles. The second-order valence-corrected chi connectivity index (χ2v) is 13.5. The van der Waals surface area contributed by atoms with E-state index in [1.54, 1.807) is 30.3 Å². The van der Waals surface area contributed by atoms with Crippen LogP contribution in [0.5, 0.6) is 0 Å². The number of anilines is 1. The van der Waals surface area contributed by atoms with E-state index < -0.39 is 34.3 Å². The van der Waals surface area contributed by atoms with Crippen molar-refractivity contribution in [1.29, 1.82) is 0 Å². The molecule has 1 unspecified atom stereocenters. The number of benzene rings is 4. The molecule has 1 atom stereocenters. The molecule has 0 fully saturated rings. The molecular formula is C36H39ClFN3O4S. The molecule has 0 saturated heterocycles. The van der Waals surface area contributed by atoms with Crippen LogP contribution in [0.4, 0.5) is 10.1 Å². The Kier molecular flexibility index (Phi) is 12.0. The Labute approximate surface area is 276 Å². The van der Waals surface area contributed by atoms with Gasteiger partial charge in [-0.1, -0.05) is 73.5 Å². The molecule has 0 radical (unpaired) electrons. The number of carbonyl (C=O) groups is 2. The molecular weight excluding hydrogens is 625 g/mol. The van der Waals surface area contributed by atoms with Gasteiger partial charge in [0.25, 0.3) is 10.0 Å². The molecule has 0 spiro atoms. The summed E-state index contributed by atoms with van der Waals surface area (Å²) in [7, 11) is -4.25. The minimum Gasteiger partial charge on any atom is -0.354 e. The fourth-order valence-electron chi connectivity index (χ4n) is 4.99. The minimum atomic E-state index is -4.25. The van der Waals surface area contributed by atoms with Gasteiger partial charge in [0.2, 0.25) is 11.8 Å². The highest BCUT2D eigenvalue weighted by molar-refractivity contribution is 7.92. The van der Waals surface area contributed by atoms with Crippen molar-refractivity contribution in [3.8, 4) is 0 Å². The zero-order chi connectivity index (χ0) is 33.3. The van der Waals surface area contributed by atoms with Crippen molar-refractivity contribution in [2.45, 2.75) is 57.5 Å². The highest BCUT2D eigenvalue weighted by Gasteiger charge is 2.34. The number of amides is 2. The summed E-state index contributed by atoms with van der Waals surface area (Å²) in [5, 5.41) is 3.33. The van der Waals surface area contributed by atoms with E-state index in [4.69, 9.17) is 11.6 Å². The molecule has 4 aromatic carbocycles. The monoisotopic (exact) mass is 663 g/mol. The van der Waals surface area contributed by atoms with E-state index in [-0.39, 0.29) is 23.8 Å². The van der Waals surface area contributed by atoms with Crippen LogP contribution in [-0.2, 0) is 32.6 Å². The number of rotatable bonds is 14. The SMILES string of the molecule is CCCCNC(=O)C(Cc1ccccc1)N(Cc1ccc(F)cc1)C(=O)CN(c1ccc(C)c(C)c1)S(=O)(=O)c1ccc(Cl)cc1. The average Bonchev–Trinajstić information content (AvgIpc) is 3.04. The first-order valence-electron chi connectivity index (χ1n) is 15.2. The summed E-state index contributed by atoms with van der Waals surface area (Å²) in [6.07, 6.45) is 1.82. The predicted molar refractivity (Wildman–Crippen MR) is 181 cm³/mol. The summed E-state index contributed by atoms with van der Waals surface area (Å²) in [4.78, 5) is 29.6. The van der Waals surface area contributed by atoms with Crippen molar-refractivity contribution in [2.24, 2.45) is 0 Å². The topological polar surface area (TPSA) is 86.8 Å². The lowest BCUT2D eigenvalue weighted by Crippen LogP contribution is -2.53. The molecule has 46 heavy (non-hydrogen) atoms. The van der Waals surface area contributed by atoms with Gasteiger partial charge in [0.05, 0.1) is 10.6 Å². The smallest absolute Gasteiger partial charge is 0.264 e. The quantitative estimate of drug-likeness (QED) is 0.150. The van der Waals surface area contributed by atoms with Gasteiger partial charge in [0.15, 0.2) is 0 Å². The Morgan fingerprint density at radius 2 is 1.54 bits per heavy atom. The molecule has 0 aliphatic heterocycles. The number of hydrogen-bond acceptors (Lipinski definition) is 4. The molecule has 2 amide bonds. The summed E-state index contributed by atoms with van der Waals surface area (Å²) in [6.45, 7) is 5.60. The predicted octanol–water partition coefficient (Wildman–Crippen LogP) is 6.85. The van der Waals surface area contributed by atoms with E-state index in [0.717, 1.165) is 33.8 Å². The molecule has 242 valence electrons. The summed E-state index contributed by atoms with van der Waals surface area (Å²) < 4.78 is 43.2. The number of halogens is 2. The van der Waals surface area contributed by atoms with Crippen molar-refractivity contribution in [1.82, 2.24) is 10.2 Å². The third kappa shape index (κ3) is 8.95. The van der Waals surface area contributed by atoms with Crippen LogP contribution in [0, 0.1) is 19.7 Å². The van der Waals surface area contributed by atoms with Crippen LogP contribution in [0.2, 0.25) is 5.02 Å². The maximum Gasteiger partial charge on any atom is 0.264 e. The van der Waals surface area contributed by atoms with Crippen LogP contribution in [0.15, 0.2) is 102 Å². The molecule has 4 aromatic rings. The number of nitrogens with zero attached hydrogens (tertiary/aromatic N) is 2. The summed E-state index contributed by atoms with van der Waals surface area (Å²) >= 11 is 6.06. The molecule has 0 aliphatic rings. The van der Waals surface area contributed by atoms with Gasteiger partial charge < -0.3 is 10.2 Å². The van der Waals surface area contributed by atoms with Gasteiger partial charge >= 0.3 is 0 Å². The van der Waals surface area contributed by atoms with Crippen molar-refractivity contribution >= 4 is 39.1 Å². The third-order valence-electron chi connectivity index (χ3n) is 7.83. The van der Waals surface area contributed by atoms with E-state index >= 15 is 0 Å². The van der Waals surface area contributed by atoms with Crippen LogP contribution >= 0.6 is 11.6 Å². The number of hydrogen-bond donors (Lipinski definition) is 1. The number of unbranched alkanes of at least 4 members (excludes halogenated alkanes) is 1. The molecule has 0 bridgehead atoms. The number of carbonyl (C=O) groups excluding carboxylic acids is 2. The maximum absolute atomic E-state index is 14.5. The highest BCUT2D eigenvalue weighted by atomic mass is 35.5. The van der Waals surface area contributed by atoms with E-state index in [1.165, 1.54) is 41.3 Å². The number of nitrogens with one attached hydrogen (secondary N) is 1. The first kappa shape index (κ1) is 34.7. The first-order valence-corrected chi connectivity index (χ1v) is 17.0. The Morgan fingerprint density at radius 1 is 0.870 bits per heavy atom. The fraction of sp³-hybridized carbons (Fsp3) is 0.278. The van der Waals surface area contributed by atoms with E-state index in [0.29, 0.717) is 22.8 Å². The van der Waals surface area contributed by atoms with Gasteiger partial charge in [-0.15, -0.1) is 0 Å². The zero-order valence-corrected chi connectivity index (χ0v) is 27.8. The van der Waals surface area contributed by atoms with Gasteiger partial charge in [-0.05, 0) is 91.1 Å². The van der Waals surface area contributed by atoms with Crippen molar-refractivity contribution in [3.63, 3.8) is 0 Å². The Morgan fingerprint density at radius 3 is 2.17 bits per heavy atom. The van der Waals surface area contributed by atoms with Crippen LogP contribution in [0.1, 0.15) is 42.0 Å². The van der Waals surface area contributed by atoms with Crippen LogP contribution in [0.25, 0.3) is 0 Å². The van der Waals surface area contributed by atoms with Gasteiger partial charge in [-0.3, -0.25) is 13.9 Å². The van der Waals surface area contributed by atoms with Crippen LogP contribution < -0.4 is 9.62 Å². The molecule has 4 rings (SSSR count). The van der Waals surface area contributed by atoms with Crippen molar-refractivity contribution < 1.29 is 22.4 Å². The third-order valence-corrected chi connectivity index (χ3v) is 9.87. The molecule has 0 aliphatic carbocycles. The molecule has 0 saturated carbocycles. The lowest BCUT2D eigenvalue weighted by molar-refractivity contribution is -0.140. The van der Waals surface area contributed by atoms with Gasteiger partial charge in [-0.25, -0.2) is 12.8 Å². The Balaban J connectivity index is 1.80. The molecule has 10 heteroatoms. The minimum absolute atomic E-state index is 0.0360. The summed E-state index contributed by atoms with van der Waals surface area (Å²) in [5.41, 5.74) is 3.53. The lowest BCUT2D eigenvalue weighted by atomic mass is 10.0. The van der Waals surface area contributed by atoms with Crippen molar-refractivity contribution in [3.05, 3.63) is 130 Å². The molecule has 7 nitrogen and oxygen atoms in total. The van der Waals surface area contributed by atoms with Crippen molar-refractivity contribution in [2.75, 3.05) is 17.4 Å². The van der Waals surface area contributed by atoms with Gasteiger partial charge in [0, 0.05) is 24.5 Å². The molecule has 0 aromatic heterocycles. The second kappa shape index (κ2) is 15.9. The summed E-state index contributed by atoms with van der Waals surface area (Å²) in [6, 6.07) is 25.0. The van der Waals surface area contributed by atoms with Crippen LogP contribution in [0.3, 0.4) is 0 Å². The summed E-state index contributed by atoms with van der Waals surface area (Å²) in [5.74, 6) is -1.38. The largest absolute Gasteiger partial charge is 0.354 e. The average molecular weight is 664 g/mol. The van der Waals surface area contributed by atoms with E-state index in [9.17, 15) is 22.4 Å². The van der Waals surface area contributed by atoms with E-state index in [2.05, 4.69) is 5.32 Å². The Hall–Kier alpha value is -4.21. The van der Waals surface area contributed by atoms with E-state index in [1.807, 2.05) is 51.1 Å². The van der Waals surface area contributed by atoms with Gasteiger partial charge in [0.1, 0.15) is 18.4 Å². The number of aryl methyl sites for hydroxylation is 2.